The standard InChI is InChI=1S/C14H20N2S/c1-2-3-9-15-14(17)16-10-8-12-6-4-5-7-13(12)11-16/h4-7H,2-3,8-11H2,1H3,(H,15,17). The molecule has 0 saturated carbocycles. The van der Waals surface area contributed by atoms with E-state index in [1.54, 1.807) is 0 Å². The van der Waals surface area contributed by atoms with E-state index in [4.69, 9.17) is 12.2 Å². The molecule has 0 amide bonds. The lowest BCUT2D eigenvalue weighted by molar-refractivity contribution is 0.387. The predicted molar refractivity (Wildman–Crippen MR) is 76.1 cm³/mol. The van der Waals surface area contributed by atoms with Gasteiger partial charge in [0.1, 0.15) is 0 Å². The summed E-state index contributed by atoms with van der Waals surface area (Å²) in [5.74, 6) is 0. The monoisotopic (exact) mass is 248 g/mol. The molecule has 3 heteroatoms. The van der Waals surface area contributed by atoms with Crippen molar-refractivity contribution in [1.82, 2.24) is 10.2 Å². The quantitative estimate of drug-likeness (QED) is 0.654. The van der Waals surface area contributed by atoms with Crippen LogP contribution in [-0.4, -0.2) is 23.1 Å². The lowest BCUT2D eigenvalue weighted by atomic mass is 10.0. The zero-order chi connectivity index (χ0) is 12.1. The highest BCUT2D eigenvalue weighted by atomic mass is 32.1. The van der Waals surface area contributed by atoms with Crippen LogP contribution in [0.2, 0.25) is 0 Å². The summed E-state index contributed by atoms with van der Waals surface area (Å²) in [7, 11) is 0. The third kappa shape index (κ3) is 3.19. The molecular weight excluding hydrogens is 228 g/mol. The van der Waals surface area contributed by atoms with Crippen molar-refractivity contribution in [3.05, 3.63) is 35.4 Å². The van der Waals surface area contributed by atoms with Gasteiger partial charge in [-0.25, -0.2) is 0 Å². The first-order valence-electron chi connectivity index (χ1n) is 6.41. The number of hydrogen-bond donors (Lipinski definition) is 1. The van der Waals surface area contributed by atoms with Gasteiger partial charge < -0.3 is 10.2 Å². The van der Waals surface area contributed by atoms with Crippen LogP contribution in [0, 0.1) is 0 Å². The Kier molecular flexibility index (Phi) is 4.37. The molecule has 92 valence electrons. The summed E-state index contributed by atoms with van der Waals surface area (Å²) in [6, 6.07) is 8.65. The molecular formula is C14H20N2S. The Morgan fingerprint density at radius 1 is 1.35 bits per heavy atom. The number of thiocarbonyl (C=S) groups is 1. The fourth-order valence-corrected chi connectivity index (χ4v) is 2.41. The van der Waals surface area contributed by atoms with Crippen molar-refractivity contribution in [2.24, 2.45) is 0 Å². The summed E-state index contributed by atoms with van der Waals surface area (Å²) in [5, 5.41) is 4.25. The molecule has 1 heterocycles. The first-order chi connectivity index (χ1) is 8.31. The van der Waals surface area contributed by atoms with E-state index in [0.717, 1.165) is 31.2 Å². The summed E-state index contributed by atoms with van der Waals surface area (Å²) in [6.45, 7) is 5.18. The second-order valence-corrected chi connectivity index (χ2v) is 4.91. The van der Waals surface area contributed by atoms with E-state index in [-0.39, 0.29) is 0 Å². The number of rotatable bonds is 3. The van der Waals surface area contributed by atoms with E-state index in [1.807, 2.05) is 0 Å². The molecule has 17 heavy (non-hydrogen) atoms. The Hall–Kier alpha value is -1.09. The van der Waals surface area contributed by atoms with E-state index >= 15 is 0 Å². The van der Waals surface area contributed by atoms with Crippen LogP contribution >= 0.6 is 12.2 Å². The molecule has 1 aliphatic heterocycles. The molecule has 1 aromatic carbocycles. The topological polar surface area (TPSA) is 15.3 Å². The Balaban J connectivity index is 1.91. The highest BCUT2D eigenvalue weighted by Crippen LogP contribution is 2.18. The van der Waals surface area contributed by atoms with E-state index < -0.39 is 0 Å². The molecule has 1 aliphatic rings. The molecule has 0 aromatic heterocycles. The average molecular weight is 248 g/mol. The molecule has 0 unspecified atom stereocenters. The molecule has 2 nitrogen and oxygen atoms in total. The highest BCUT2D eigenvalue weighted by molar-refractivity contribution is 7.80. The van der Waals surface area contributed by atoms with Gasteiger partial charge in [0.25, 0.3) is 0 Å². The Labute approximate surface area is 109 Å². The Morgan fingerprint density at radius 2 is 2.12 bits per heavy atom. The van der Waals surface area contributed by atoms with E-state index in [0.29, 0.717) is 0 Å². The second-order valence-electron chi connectivity index (χ2n) is 4.53. The molecule has 0 aliphatic carbocycles. The third-order valence-electron chi connectivity index (χ3n) is 3.22. The van der Waals surface area contributed by atoms with Gasteiger partial charge in [-0.3, -0.25) is 0 Å². The van der Waals surface area contributed by atoms with Gasteiger partial charge in [-0.1, -0.05) is 37.6 Å². The van der Waals surface area contributed by atoms with Crippen LogP contribution in [0.1, 0.15) is 30.9 Å². The second kappa shape index (κ2) is 6.01. The molecule has 2 rings (SSSR count). The van der Waals surface area contributed by atoms with Crippen LogP contribution in [0.3, 0.4) is 0 Å². The number of unbranched alkanes of at least 4 members (excludes halogenated alkanes) is 1. The van der Waals surface area contributed by atoms with E-state index in [2.05, 4.69) is 41.4 Å². The van der Waals surface area contributed by atoms with Crippen LogP contribution in [0.4, 0.5) is 0 Å². The normalized spacial score (nSPS) is 14.3. The Bertz CT molecular complexity index is 390. The van der Waals surface area contributed by atoms with Gasteiger partial charge in [0.2, 0.25) is 0 Å². The number of fused-ring (bicyclic) bond motifs is 1. The van der Waals surface area contributed by atoms with E-state index in [9.17, 15) is 0 Å². The van der Waals surface area contributed by atoms with Gasteiger partial charge in [0.15, 0.2) is 5.11 Å². The lowest BCUT2D eigenvalue weighted by Crippen LogP contribution is -2.42. The summed E-state index contributed by atoms with van der Waals surface area (Å²) >= 11 is 5.43. The molecule has 0 atom stereocenters. The zero-order valence-electron chi connectivity index (χ0n) is 10.4. The minimum absolute atomic E-state index is 0.910. The van der Waals surface area contributed by atoms with E-state index in [1.165, 1.54) is 24.0 Å². The maximum atomic E-state index is 5.43. The van der Waals surface area contributed by atoms with Crippen LogP contribution < -0.4 is 5.32 Å². The maximum Gasteiger partial charge on any atom is 0.169 e. The van der Waals surface area contributed by atoms with Crippen molar-refractivity contribution >= 4 is 17.3 Å². The van der Waals surface area contributed by atoms with Crippen LogP contribution in [0.15, 0.2) is 24.3 Å². The van der Waals surface area contributed by atoms with Gasteiger partial charge in [0.05, 0.1) is 0 Å². The fourth-order valence-electron chi connectivity index (χ4n) is 2.15. The predicted octanol–water partition coefficient (Wildman–Crippen LogP) is 2.72. The molecule has 0 saturated heterocycles. The maximum absolute atomic E-state index is 5.43. The molecule has 0 fully saturated rings. The number of nitrogens with one attached hydrogen (secondary N) is 1. The molecule has 0 bridgehead atoms. The molecule has 1 aromatic rings. The summed E-state index contributed by atoms with van der Waals surface area (Å²) in [5.41, 5.74) is 2.89. The van der Waals surface area contributed by atoms with Gasteiger partial charge >= 0.3 is 0 Å². The summed E-state index contributed by atoms with van der Waals surface area (Å²) in [6.07, 6.45) is 3.49. The van der Waals surface area contributed by atoms with Gasteiger partial charge in [-0.05, 0) is 36.2 Å². The third-order valence-corrected chi connectivity index (χ3v) is 3.63. The van der Waals surface area contributed by atoms with Crippen molar-refractivity contribution in [2.45, 2.75) is 32.7 Å². The Morgan fingerprint density at radius 3 is 2.88 bits per heavy atom. The van der Waals surface area contributed by atoms with Crippen LogP contribution in [0.5, 0.6) is 0 Å². The lowest BCUT2D eigenvalue weighted by Gasteiger charge is -2.31. The van der Waals surface area contributed by atoms with Crippen molar-refractivity contribution in [1.29, 1.82) is 0 Å². The average Bonchev–Trinajstić information content (AvgIpc) is 2.38. The smallest absolute Gasteiger partial charge is 0.169 e. The minimum Gasteiger partial charge on any atom is -0.363 e. The van der Waals surface area contributed by atoms with Crippen LogP contribution in [-0.2, 0) is 13.0 Å². The highest BCUT2D eigenvalue weighted by Gasteiger charge is 2.17. The largest absolute Gasteiger partial charge is 0.363 e. The van der Waals surface area contributed by atoms with Crippen molar-refractivity contribution in [3.63, 3.8) is 0 Å². The van der Waals surface area contributed by atoms with Crippen LogP contribution in [0.25, 0.3) is 0 Å². The SMILES string of the molecule is CCCCNC(=S)N1CCc2ccccc2C1. The number of benzene rings is 1. The summed E-state index contributed by atoms with van der Waals surface area (Å²) < 4.78 is 0. The van der Waals surface area contributed by atoms with Crippen molar-refractivity contribution < 1.29 is 0 Å². The van der Waals surface area contributed by atoms with Gasteiger partial charge in [-0.2, -0.15) is 0 Å². The first kappa shape index (κ1) is 12.4. The first-order valence-corrected chi connectivity index (χ1v) is 6.81. The zero-order valence-corrected chi connectivity index (χ0v) is 11.2. The minimum atomic E-state index is 0.910. The molecule has 1 N–H and O–H groups in total. The fraction of sp³-hybridized carbons (Fsp3) is 0.500. The molecule has 0 radical (unpaired) electrons. The van der Waals surface area contributed by atoms with Crippen molar-refractivity contribution in [2.75, 3.05) is 13.1 Å². The van der Waals surface area contributed by atoms with Gasteiger partial charge in [-0.15, -0.1) is 0 Å². The van der Waals surface area contributed by atoms with Gasteiger partial charge in [0, 0.05) is 19.6 Å². The summed E-state index contributed by atoms with van der Waals surface area (Å²) in [4.78, 5) is 2.27. The number of nitrogens with zero attached hydrogens (tertiary/aromatic N) is 1. The molecule has 0 spiro atoms. The number of hydrogen-bond acceptors (Lipinski definition) is 1. The van der Waals surface area contributed by atoms with Crippen molar-refractivity contribution in [3.8, 4) is 0 Å².